The summed E-state index contributed by atoms with van der Waals surface area (Å²) >= 11 is 0. The molecule has 118 valence electrons. The largest absolute Gasteiger partial charge is 0.378 e. The van der Waals surface area contributed by atoms with Gasteiger partial charge in [0.25, 0.3) is 0 Å². The Labute approximate surface area is 129 Å². The number of aromatic nitrogens is 2. The van der Waals surface area contributed by atoms with Gasteiger partial charge in [-0.2, -0.15) is 5.10 Å². The molecule has 0 spiro atoms. The third kappa shape index (κ3) is 3.39. The first kappa shape index (κ1) is 14.8. The molecule has 1 atom stereocenters. The number of benzene rings is 1. The summed E-state index contributed by atoms with van der Waals surface area (Å²) in [5.74, 6) is 0. The van der Waals surface area contributed by atoms with Gasteiger partial charge < -0.3 is 15.0 Å². The minimum absolute atomic E-state index is 0.102. The molecule has 2 N–H and O–H groups in total. The summed E-state index contributed by atoms with van der Waals surface area (Å²) in [4.78, 5) is 14.0. The number of ether oxygens (including phenoxy) is 1. The zero-order valence-electron chi connectivity index (χ0n) is 12.8. The quantitative estimate of drug-likeness (QED) is 0.892. The van der Waals surface area contributed by atoms with Crippen LogP contribution in [0.5, 0.6) is 0 Å². The van der Waals surface area contributed by atoms with Crippen LogP contribution in [-0.2, 0) is 4.74 Å². The minimum Gasteiger partial charge on any atom is -0.378 e. The molecule has 1 aliphatic heterocycles. The van der Waals surface area contributed by atoms with Crippen molar-refractivity contribution < 1.29 is 9.53 Å². The summed E-state index contributed by atoms with van der Waals surface area (Å²) in [5, 5.41) is 10.8. The number of hydrogen-bond acceptors (Lipinski definition) is 3. The second kappa shape index (κ2) is 6.79. The van der Waals surface area contributed by atoms with Gasteiger partial charge in [0.2, 0.25) is 0 Å². The summed E-state index contributed by atoms with van der Waals surface area (Å²) in [6, 6.07) is 5.64. The normalized spacial score (nSPS) is 17.8. The van der Waals surface area contributed by atoms with Crippen LogP contribution < -0.4 is 5.32 Å². The van der Waals surface area contributed by atoms with Gasteiger partial charge in [-0.3, -0.25) is 5.10 Å². The van der Waals surface area contributed by atoms with Crippen LogP contribution in [0.2, 0.25) is 0 Å². The SMILES string of the molecule is CN(CCC[C@@H]1CCCO1)C(=O)Nc1cccc2cn[nH]c12. The summed E-state index contributed by atoms with van der Waals surface area (Å²) in [7, 11) is 1.82. The summed E-state index contributed by atoms with van der Waals surface area (Å²) in [6.07, 6.45) is 6.43. The summed E-state index contributed by atoms with van der Waals surface area (Å²) in [6.45, 7) is 1.61. The maximum Gasteiger partial charge on any atom is 0.321 e. The van der Waals surface area contributed by atoms with Gasteiger partial charge in [0.05, 0.1) is 23.5 Å². The maximum absolute atomic E-state index is 12.3. The first-order chi connectivity index (χ1) is 10.7. The molecule has 2 amide bonds. The van der Waals surface area contributed by atoms with Crippen molar-refractivity contribution in [1.29, 1.82) is 0 Å². The highest BCUT2D eigenvalue weighted by atomic mass is 16.5. The van der Waals surface area contributed by atoms with Crippen LogP contribution >= 0.6 is 0 Å². The molecule has 1 aromatic carbocycles. The van der Waals surface area contributed by atoms with Gasteiger partial charge in [0.15, 0.2) is 0 Å². The van der Waals surface area contributed by atoms with E-state index in [9.17, 15) is 4.79 Å². The highest BCUT2D eigenvalue weighted by Crippen LogP contribution is 2.21. The van der Waals surface area contributed by atoms with Crippen molar-refractivity contribution in [2.45, 2.75) is 31.8 Å². The molecule has 0 radical (unpaired) electrons. The number of para-hydroxylation sites is 1. The van der Waals surface area contributed by atoms with Crippen LogP contribution in [0, 0.1) is 0 Å². The van der Waals surface area contributed by atoms with Gasteiger partial charge in [-0.15, -0.1) is 0 Å². The maximum atomic E-state index is 12.3. The number of nitrogens with one attached hydrogen (secondary N) is 2. The predicted octanol–water partition coefficient (Wildman–Crippen LogP) is 2.99. The van der Waals surface area contributed by atoms with E-state index in [1.807, 2.05) is 25.2 Å². The molecule has 2 aromatic rings. The lowest BCUT2D eigenvalue weighted by atomic mass is 10.1. The first-order valence-electron chi connectivity index (χ1n) is 7.80. The fourth-order valence-electron chi connectivity index (χ4n) is 2.81. The average Bonchev–Trinajstić information content (AvgIpc) is 3.18. The monoisotopic (exact) mass is 302 g/mol. The van der Waals surface area contributed by atoms with Crippen LogP contribution in [0.1, 0.15) is 25.7 Å². The lowest BCUT2D eigenvalue weighted by Gasteiger charge is -2.19. The molecule has 22 heavy (non-hydrogen) atoms. The topological polar surface area (TPSA) is 70.2 Å². The van der Waals surface area contributed by atoms with Crippen molar-refractivity contribution in [1.82, 2.24) is 15.1 Å². The number of hydrogen-bond donors (Lipinski definition) is 2. The van der Waals surface area contributed by atoms with E-state index in [-0.39, 0.29) is 6.03 Å². The molecule has 2 heterocycles. The highest BCUT2D eigenvalue weighted by molar-refractivity contribution is 5.99. The molecule has 0 bridgehead atoms. The van der Waals surface area contributed by atoms with E-state index in [1.54, 1.807) is 11.1 Å². The van der Waals surface area contributed by atoms with Gasteiger partial charge in [-0.05, 0) is 31.7 Å². The Bertz CT molecular complexity index is 634. The van der Waals surface area contributed by atoms with E-state index in [2.05, 4.69) is 15.5 Å². The number of anilines is 1. The molecule has 3 rings (SSSR count). The molecule has 0 aliphatic carbocycles. The van der Waals surface area contributed by atoms with Crippen molar-refractivity contribution in [2.24, 2.45) is 0 Å². The van der Waals surface area contributed by atoms with E-state index < -0.39 is 0 Å². The Balaban J connectivity index is 1.51. The Morgan fingerprint density at radius 3 is 3.27 bits per heavy atom. The number of amides is 2. The Morgan fingerprint density at radius 2 is 2.45 bits per heavy atom. The summed E-state index contributed by atoms with van der Waals surface area (Å²) < 4.78 is 5.60. The number of aromatic amines is 1. The van der Waals surface area contributed by atoms with E-state index in [0.29, 0.717) is 6.10 Å². The second-order valence-electron chi connectivity index (χ2n) is 5.77. The third-order valence-corrected chi connectivity index (χ3v) is 4.11. The molecule has 6 heteroatoms. The fourth-order valence-corrected chi connectivity index (χ4v) is 2.81. The zero-order valence-corrected chi connectivity index (χ0v) is 12.8. The van der Waals surface area contributed by atoms with Crippen molar-refractivity contribution in [3.05, 3.63) is 24.4 Å². The molecule has 1 fully saturated rings. The van der Waals surface area contributed by atoms with Gasteiger partial charge in [0.1, 0.15) is 0 Å². The molecule has 0 saturated carbocycles. The number of fused-ring (bicyclic) bond motifs is 1. The number of carbonyl (C=O) groups excluding carboxylic acids is 1. The van der Waals surface area contributed by atoms with Crippen LogP contribution in [0.3, 0.4) is 0 Å². The lowest BCUT2D eigenvalue weighted by molar-refractivity contribution is 0.101. The fraction of sp³-hybridized carbons (Fsp3) is 0.500. The van der Waals surface area contributed by atoms with Crippen molar-refractivity contribution in [3.63, 3.8) is 0 Å². The van der Waals surface area contributed by atoms with Crippen molar-refractivity contribution in [2.75, 3.05) is 25.5 Å². The number of nitrogens with zero attached hydrogens (tertiary/aromatic N) is 2. The zero-order chi connectivity index (χ0) is 15.4. The van der Waals surface area contributed by atoms with E-state index in [0.717, 1.165) is 55.4 Å². The minimum atomic E-state index is -0.102. The molecular formula is C16H22N4O2. The number of urea groups is 1. The average molecular weight is 302 g/mol. The molecule has 0 unspecified atom stereocenters. The van der Waals surface area contributed by atoms with E-state index in [1.165, 1.54) is 0 Å². The number of H-pyrrole nitrogens is 1. The van der Waals surface area contributed by atoms with Crippen LogP contribution in [0.15, 0.2) is 24.4 Å². The highest BCUT2D eigenvalue weighted by Gasteiger charge is 2.16. The van der Waals surface area contributed by atoms with Gasteiger partial charge >= 0.3 is 6.03 Å². The van der Waals surface area contributed by atoms with Gasteiger partial charge in [-0.25, -0.2) is 4.79 Å². The van der Waals surface area contributed by atoms with Crippen LogP contribution in [0.4, 0.5) is 10.5 Å². The molecule has 1 saturated heterocycles. The molecule has 1 aromatic heterocycles. The predicted molar refractivity (Wildman–Crippen MR) is 86.0 cm³/mol. The smallest absolute Gasteiger partial charge is 0.321 e. The molecule has 1 aliphatic rings. The number of carbonyl (C=O) groups is 1. The first-order valence-corrected chi connectivity index (χ1v) is 7.80. The van der Waals surface area contributed by atoms with Crippen LogP contribution in [0.25, 0.3) is 10.9 Å². The van der Waals surface area contributed by atoms with E-state index in [4.69, 9.17) is 4.74 Å². The lowest BCUT2D eigenvalue weighted by Crippen LogP contribution is -2.32. The standard InChI is InChI=1S/C16H22N4O2/c1-20(9-3-6-13-7-4-10-22-13)16(21)18-14-8-2-5-12-11-17-19-15(12)14/h2,5,8,11,13H,3-4,6-7,9-10H2,1H3,(H,17,19)(H,18,21)/t13-/m1/s1. The molecule has 6 nitrogen and oxygen atoms in total. The Hall–Kier alpha value is -2.08. The summed E-state index contributed by atoms with van der Waals surface area (Å²) in [5.41, 5.74) is 1.61. The Kier molecular flexibility index (Phi) is 4.58. The number of rotatable bonds is 5. The van der Waals surface area contributed by atoms with Gasteiger partial charge in [-0.1, -0.05) is 12.1 Å². The van der Waals surface area contributed by atoms with E-state index >= 15 is 0 Å². The second-order valence-corrected chi connectivity index (χ2v) is 5.77. The Morgan fingerprint density at radius 1 is 1.55 bits per heavy atom. The van der Waals surface area contributed by atoms with Crippen molar-refractivity contribution >= 4 is 22.6 Å². The van der Waals surface area contributed by atoms with Gasteiger partial charge in [0, 0.05) is 25.6 Å². The molecular weight excluding hydrogens is 280 g/mol. The van der Waals surface area contributed by atoms with Crippen molar-refractivity contribution in [3.8, 4) is 0 Å². The van der Waals surface area contributed by atoms with Crippen LogP contribution in [-0.4, -0.2) is 47.4 Å². The third-order valence-electron chi connectivity index (χ3n) is 4.11.